The van der Waals surface area contributed by atoms with Gasteiger partial charge in [0, 0.05) is 0 Å². The van der Waals surface area contributed by atoms with Crippen molar-refractivity contribution in [3.05, 3.63) is 12.2 Å². The second-order valence-electron chi connectivity index (χ2n) is 4.49. The van der Waals surface area contributed by atoms with Crippen molar-refractivity contribution in [1.82, 2.24) is 0 Å². The topological polar surface area (TPSA) is 37.3 Å². The molecule has 3 atom stereocenters. The first-order valence-corrected chi connectivity index (χ1v) is 6.09. The van der Waals surface area contributed by atoms with Crippen LogP contribution in [0.15, 0.2) is 12.2 Å². The van der Waals surface area contributed by atoms with E-state index in [0.717, 1.165) is 25.5 Å². The quantitative estimate of drug-likeness (QED) is 0.416. The van der Waals surface area contributed by atoms with Crippen LogP contribution in [0.5, 0.6) is 0 Å². The van der Waals surface area contributed by atoms with Crippen molar-refractivity contribution in [2.24, 2.45) is 11.8 Å². The first kappa shape index (κ1) is 12.4. The summed E-state index contributed by atoms with van der Waals surface area (Å²) in [6.45, 7) is 2.19. The molecule has 2 heteroatoms. The van der Waals surface area contributed by atoms with Crippen LogP contribution in [0.3, 0.4) is 0 Å². The van der Waals surface area contributed by atoms with E-state index >= 15 is 0 Å². The SMILES string of the molecule is CCCCCC1C(O)CCC1C=CC=O. The predicted octanol–water partition coefficient (Wildman–Crippen LogP) is 2.71. The molecule has 86 valence electrons. The third-order valence-electron chi connectivity index (χ3n) is 3.42. The van der Waals surface area contributed by atoms with E-state index in [0.29, 0.717) is 11.8 Å². The minimum absolute atomic E-state index is 0.150. The third-order valence-corrected chi connectivity index (χ3v) is 3.42. The van der Waals surface area contributed by atoms with Crippen molar-refractivity contribution in [2.45, 2.75) is 51.6 Å². The summed E-state index contributed by atoms with van der Waals surface area (Å²) < 4.78 is 0. The van der Waals surface area contributed by atoms with E-state index in [4.69, 9.17) is 0 Å². The average molecular weight is 210 g/mol. The summed E-state index contributed by atoms with van der Waals surface area (Å²) in [7, 11) is 0. The van der Waals surface area contributed by atoms with Crippen LogP contribution in [0.25, 0.3) is 0 Å². The van der Waals surface area contributed by atoms with Crippen molar-refractivity contribution in [3.8, 4) is 0 Å². The zero-order valence-corrected chi connectivity index (χ0v) is 9.56. The summed E-state index contributed by atoms with van der Waals surface area (Å²) in [5, 5.41) is 9.84. The van der Waals surface area contributed by atoms with E-state index in [9.17, 15) is 9.90 Å². The van der Waals surface area contributed by atoms with Gasteiger partial charge in [-0.2, -0.15) is 0 Å². The summed E-state index contributed by atoms with van der Waals surface area (Å²) in [6.07, 6.45) is 10.9. The number of carbonyl (C=O) groups is 1. The molecule has 0 spiro atoms. The number of aliphatic hydroxyl groups is 1. The van der Waals surface area contributed by atoms with Crippen molar-refractivity contribution < 1.29 is 9.90 Å². The van der Waals surface area contributed by atoms with Crippen LogP contribution in [-0.4, -0.2) is 17.5 Å². The van der Waals surface area contributed by atoms with E-state index < -0.39 is 0 Å². The molecule has 0 radical (unpaired) electrons. The normalized spacial score (nSPS) is 31.2. The van der Waals surface area contributed by atoms with Gasteiger partial charge in [0.25, 0.3) is 0 Å². The highest BCUT2D eigenvalue weighted by molar-refractivity contribution is 5.64. The molecule has 2 nitrogen and oxygen atoms in total. The maximum absolute atomic E-state index is 10.3. The monoisotopic (exact) mass is 210 g/mol. The van der Waals surface area contributed by atoms with Crippen LogP contribution < -0.4 is 0 Å². The number of hydrogen-bond donors (Lipinski definition) is 1. The van der Waals surface area contributed by atoms with Gasteiger partial charge in [0.05, 0.1) is 6.10 Å². The number of aldehydes is 1. The van der Waals surface area contributed by atoms with Crippen LogP contribution in [-0.2, 0) is 4.79 Å². The highest BCUT2D eigenvalue weighted by Gasteiger charge is 2.32. The van der Waals surface area contributed by atoms with Crippen molar-refractivity contribution in [2.75, 3.05) is 0 Å². The van der Waals surface area contributed by atoms with Crippen LogP contribution in [0, 0.1) is 11.8 Å². The molecule has 0 amide bonds. The summed E-state index contributed by atoms with van der Waals surface area (Å²) in [5.41, 5.74) is 0. The molecule has 1 aliphatic carbocycles. The van der Waals surface area contributed by atoms with Crippen LogP contribution >= 0.6 is 0 Å². The smallest absolute Gasteiger partial charge is 0.142 e. The standard InChI is InChI=1S/C13H22O2/c1-2-3-4-7-12-11(6-5-10-14)8-9-13(12)15/h5-6,10-13,15H,2-4,7-9H2,1H3. The van der Waals surface area contributed by atoms with Crippen molar-refractivity contribution in [1.29, 1.82) is 0 Å². The van der Waals surface area contributed by atoms with Gasteiger partial charge in [0.1, 0.15) is 6.29 Å². The van der Waals surface area contributed by atoms with Crippen molar-refractivity contribution in [3.63, 3.8) is 0 Å². The Morgan fingerprint density at radius 2 is 2.13 bits per heavy atom. The first-order valence-electron chi connectivity index (χ1n) is 6.09. The van der Waals surface area contributed by atoms with E-state index in [1.54, 1.807) is 6.08 Å². The van der Waals surface area contributed by atoms with Gasteiger partial charge >= 0.3 is 0 Å². The number of unbranched alkanes of at least 4 members (excludes halogenated alkanes) is 2. The van der Waals surface area contributed by atoms with Gasteiger partial charge in [-0.1, -0.05) is 32.3 Å². The Balaban J connectivity index is 2.41. The Labute approximate surface area is 92.4 Å². The largest absolute Gasteiger partial charge is 0.393 e. The number of aliphatic hydroxyl groups excluding tert-OH is 1. The molecular formula is C13H22O2. The maximum Gasteiger partial charge on any atom is 0.142 e. The Hall–Kier alpha value is -0.630. The molecule has 0 aromatic heterocycles. The minimum Gasteiger partial charge on any atom is -0.393 e. The molecule has 0 bridgehead atoms. The zero-order chi connectivity index (χ0) is 11.1. The van der Waals surface area contributed by atoms with Gasteiger partial charge in [0.2, 0.25) is 0 Å². The van der Waals surface area contributed by atoms with Gasteiger partial charge < -0.3 is 5.11 Å². The summed E-state index contributed by atoms with van der Waals surface area (Å²) in [6, 6.07) is 0. The molecule has 0 saturated heterocycles. The van der Waals surface area contributed by atoms with Gasteiger partial charge in [0.15, 0.2) is 0 Å². The van der Waals surface area contributed by atoms with Crippen LogP contribution in [0.4, 0.5) is 0 Å². The Morgan fingerprint density at radius 3 is 2.80 bits per heavy atom. The number of hydrogen-bond acceptors (Lipinski definition) is 2. The second kappa shape index (κ2) is 6.78. The van der Waals surface area contributed by atoms with E-state index in [1.165, 1.54) is 19.3 Å². The molecule has 15 heavy (non-hydrogen) atoms. The van der Waals surface area contributed by atoms with Gasteiger partial charge in [-0.3, -0.25) is 4.79 Å². The fraction of sp³-hybridized carbons (Fsp3) is 0.769. The van der Waals surface area contributed by atoms with Crippen LogP contribution in [0.2, 0.25) is 0 Å². The minimum atomic E-state index is -0.150. The summed E-state index contributed by atoms with van der Waals surface area (Å²) in [5.74, 6) is 0.801. The molecule has 0 aliphatic heterocycles. The predicted molar refractivity (Wildman–Crippen MR) is 61.6 cm³/mol. The Bertz CT molecular complexity index is 211. The highest BCUT2D eigenvalue weighted by Crippen LogP contribution is 2.36. The number of carbonyl (C=O) groups excluding carboxylic acids is 1. The fourth-order valence-electron chi connectivity index (χ4n) is 2.54. The molecule has 1 N–H and O–H groups in total. The molecule has 0 aromatic carbocycles. The van der Waals surface area contributed by atoms with Gasteiger partial charge in [-0.05, 0) is 37.2 Å². The van der Waals surface area contributed by atoms with Crippen LogP contribution in [0.1, 0.15) is 45.4 Å². The Kier molecular flexibility index (Phi) is 5.62. The molecule has 3 unspecified atom stereocenters. The van der Waals surface area contributed by atoms with E-state index in [-0.39, 0.29) is 6.10 Å². The lowest BCUT2D eigenvalue weighted by atomic mass is 9.89. The number of allylic oxidation sites excluding steroid dienone is 2. The lowest BCUT2D eigenvalue weighted by Crippen LogP contribution is -2.18. The molecule has 0 aromatic rings. The molecule has 1 saturated carbocycles. The second-order valence-corrected chi connectivity index (χ2v) is 4.49. The Morgan fingerprint density at radius 1 is 1.33 bits per heavy atom. The highest BCUT2D eigenvalue weighted by atomic mass is 16.3. The third kappa shape index (κ3) is 3.78. The molecular weight excluding hydrogens is 188 g/mol. The maximum atomic E-state index is 10.3. The molecule has 1 aliphatic rings. The number of rotatable bonds is 6. The lowest BCUT2D eigenvalue weighted by molar-refractivity contribution is -0.104. The molecule has 1 rings (SSSR count). The zero-order valence-electron chi connectivity index (χ0n) is 9.56. The van der Waals surface area contributed by atoms with Gasteiger partial charge in [-0.15, -0.1) is 0 Å². The summed E-state index contributed by atoms with van der Waals surface area (Å²) >= 11 is 0. The first-order chi connectivity index (χ1) is 7.29. The van der Waals surface area contributed by atoms with E-state index in [2.05, 4.69) is 6.92 Å². The fourth-order valence-corrected chi connectivity index (χ4v) is 2.54. The van der Waals surface area contributed by atoms with Gasteiger partial charge in [-0.25, -0.2) is 0 Å². The average Bonchev–Trinajstić information content (AvgIpc) is 2.58. The molecule has 0 heterocycles. The van der Waals surface area contributed by atoms with E-state index in [1.807, 2.05) is 6.08 Å². The molecule has 1 fully saturated rings. The lowest BCUT2D eigenvalue weighted by Gasteiger charge is -2.19. The van der Waals surface area contributed by atoms with Crippen molar-refractivity contribution >= 4 is 6.29 Å². The summed E-state index contributed by atoms with van der Waals surface area (Å²) in [4.78, 5) is 10.3.